The quantitative estimate of drug-likeness (QED) is 0.363. The number of rotatable bonds is 5. The van der Waals surface area contributed by atoms with E-state index in [4.69, 9.17) is 10.5 Å². The summed E-state index contributed by atoms with van der Waals surface area (Å²) in [6.45, 7) is 4.29. The van der Waals surface area contributed by atoms with E-state index >= 15 is 0 Å². The van der Waals surface area contributed by atoms with Crippen LogP contribution in [0.1, 0.15) is 30.5 Å². The third-order valence-corrected chi connectivity index (χ3v) is 6.39. The van der Waals surface area contributed by atoms with E-state index in [1.165, 1.54) is 0 Å². The van der Waals surface area contributed by atoms with Gasteiger partial charge in [-0.2, -0.15) is 0 Å². The largest absolute Gasteiger partial charge is 0.493 e. The molecule has 0 aromatic heterocycles. The van der Waals surface area contributed by atoms with Crippen LogP contribution >= 0.6 is 24.0 Å². The molecule has 1 aliphatic heterocycles. The predicted octanol–water partition coefficient (Wildman–Crippen LogP) is 3.20. The van der Waals surface area contributed by atoms with Gasteiger partial charge in [-0.05, 0) is 32.0 Å². The summed E-state index contributed by atoms with van der Waals surface area (Å²) in [5, 5.41) is 3.00. The van der Waals surface area contributed by atoms with Gasteiger partial charge in [0.2, 0.25) is 0 Å². The molecule has 2 atom stereocenters. The Morgan fingerprint density at radius 2 is 1.93 bits per heavy atom. The van der Waals surface area contributed by atoms with Gasteiger partial charge in [0.15, 0.2) is 15.8 Å². The minimum atomic E-state index is -3.40. The molecule has 3 rings (SSSR count). The molecule has 152 valence electrons. The molecule has 0 aliphatic carbocycles. The lowest BCUT2D eigenvalue weighted by atomic mass is 10.0. The fourth-order valence-electron chi connectivity index (χ4n) is 3.13. The maximum absolute atomic E-state index is 12.6. The Balaban J connectivity index is 0.00000280. The highest BCUT2D eigenvalue weighted by Gasteiger charge is 2.22. The van der Waals surface area contributed by atoms with Gasteiger partial charge in [-0.15, -0.1) is 24.0 Å². The van der Waals surface area contributed by atoms with E-state index in [2.05, 4.69) is 10.3 Å². The number of para-hydroxylation sites is 1. The van der Waals surface area contributed by atoms with Crippen molar-refractivity contribution in [2.24, 2.45) is 10.7 Å². The van der Waals surface area contributed by atoms with Crippen LogP contribution in [-0.2, 0) is 9.84 Å². The van der Waals surface area contributed by atoms with E-state index in [0.717, 1.165) is 23.3 Å². The van der Waals surface area contributed by atoms with Crippen molar-refractivity contribution in [3.63, 3.8) is 0 Å². The molecule has 2 aromatic rings. The Morgan fingerprint density at radius 3 is 2.64 bits per heavy atom. The lowest BCUT2D eigenvalue weighted by Gasteiger charge is -2.24. The summed E-state index contributed by atoms with van der Waals surface area (Å²) in [5.41, 5.74) is 8.06. The molecule has 0 fully saturated rings. The summed E-state index contributed by atoms with van der Waals surface area (Å²) in [5.74, 6) is 1.00. The number of hydrogen-bond acceptors (Lipinski definition) is 4. The van der Waals surface area contributed by atoms with Crippen molar-refractivity contribution in [2.45, 2.75) is 37.2 Å². The van der Waals surface area contributed by atoms with Crippen LogP contribution in [0.4, 0.5) is 0 Å². The summed E-state index contributed by atoms with van der Waals surface area (Å²) in [4.78, 5) is 4.86. The average molecular weight is 515 g/mol. The summed E-state index contributed by atoms with van der Waals surface area (Å²) >= 11 is 0. The van der Waals surface area contributed by atoms with Crippen LogP contribution in [0.25, 0.3) is 0 Å². The number of halogens is 1. The van der Waals surface area contributed by atoms with Crippen molar-refractivity contribution in [1.29, 1.82) is 0 Å². The van der Waals surface area contributed by atoms with E-state index in [-0.39, 0.29) is 47.8 Å². The topological polar surface area (TPSA) is 93.8 Å². The number of fused-ring (bicyclic) bond motifs is 1. The third-order valence-electron chi connectivity index (χ3n) is 4.47. The standard InChI is InChI=1S/C20H25N3O3S.HI/c1-14-7-9-16(10-8-14)27(24,25)13-15(2)22-20(21)23-18-11-12-26-19-6-4-3-5-17(18)19;/h3-10,15,18H,11-13H2,1-2H3,(H3,21,22,23);1H. The van der Waals surface area contributed by atoms with Crippen molar-refractivity contribution in [2.75, 3.05) is 12.4 Å². The predicted molar refractivity (Wildman–Crippen MR) is 122 cm³/mol. The maximum atomic E-state index is 12.6. The summed E-state index contributed by atoms with van der Waals surface area (Å²) < 4.78 is 30.7. The number of ether oxygens (including phenoxy) is 1. The van der Waals surface area contributed by atoms with Gasteiger partial charge in [-0.3, -0.25) is 0 Å². The van der Waals surface area contributed by atoms with Gasteiger partial charge in [0.1, 0.15) is 5.75 Å². The van der Waals surface area contributed by atoms with E-state index in [1.54, 1.807) is 31.2 Å². The van der Waals surface area contributed by atoms with Crippen molar-refractivity contribution in [3.8, 4) is 5.75 Å². The lowest BCUT2D eigenvalue weighted by molar-refractivity contribution is 0.269. The van der Waals surface area contributed by atoms with Gasteiger partial charge >= 0.3 is 0 Å². The van der Waals surface area contributed by atoms with E-state index in [1.807, 2.05) is 31.2 Å². The number of nitrogens with two attached hydrogens (primary N) is 1. The van der Waals surface area contributed by atoms with E-state index in [0.29, 0.717) is 11.5 Å². The number of hydrogen-bond donors (Lipinski definition) is 2. The number of aliphatic imine (C=N–C) groups is 1. The smallest absolute Gasteiger partial charge is 0.189 e. The number of aryl methyl sites for hydroxylation is 1. The Morgan fingerprint density at radius 1 is 1.25 bits per heavy atom. The van der Waals surface area contributed by atoms with Crippen LogP contribution in [0.2, 0.25) is 0 Å². The molecule has 0 spiro atoms. The first-order valence-electron chi connectivity index (χ1n) is 8.96. The highest BCUT2D eigenvalue weighted by Crippen LogP contribution is 2.33. The van der Waals surface area contributed by atoms with E-state index in [9.17, 15) is 8.42 Å². The number of nitrogens with zero attached hydrogens (tertiary/aromatic N) is 1. The molecule has 28 heavy (non-hydrogen) atoms. The first-order valence-corrected chi connectivity index (χ1v) is 10.6. The Kier molecular flexibility index (Phi) is 7.70. The molecule has 1 heterocycles. The molecular weight excluding hydrogens is 489 g/mol. The molecule has 0 radical (unpaired) electrons. The second-order valence-electron chi connectivity index (χ2n) is 6.84. The highest BCUT2D eigenvalue weighted by molar-refractivity contribution is 14.0. The van der Waals surface area contributed by atoms with E-state index < -0.39 is 9.84 Å². The molecule has 8 heteroatoms. The zero-order valence-electron chi connectivity index (χ0n) is 16.0. The second kappa shape index (κ2) is 9.60. The Bertz CT molecular complexity index is 930. The van der Waals surface area contributed by atoms with Crippen LogP contribution in [0.3, 0.4) is 0 Å². The normalized spacial score (nSPS) is 17.6. The molecule has 0 amide bonds. The molecule has 0 saturated carbocycles. The van der Waals surface area contributed by atoms with Gasteiger partial charge in [0.25, 0.3) is 0 Å². The van der Waals surface area contributed by atoms with Crippen molar-refractivity contribution in [1.82, 2.24) is 5.32 Å². The molecule has 2 unspecified atom stereocenters. The number of guanidine groups is 1. The zero-order chi connectivity index (χ0) is 19.4. The Hall–Kier alpha value is -1.81. The molecular formula is C20H26IN3O3S. The maximum Gasteiger partial charge on any atom is 0.189 e. The third kappa shape index (κ3) is 5.60. The first kappa shape index (κ1) is 22.5. The number of benzene rings is 2. The fraction of sp³-hybridized carbons (Fsp3) is 0.350. The van der Waals surface area contributed by atoms with Crippen LogP contribution < -0.4 is 15.8 Å². The van der Waals surface area contributed by atoms with Gasteiger partial charge < -0.3 is 15.8 Å². The van der Waals surface area contributed by atoms with Crippen LogP contribution in [-0.4, -0.2) is 32.8 Å². The first-order chi connectivity index (χ1) is 12.8. The monoisotopic (exact) mass is 515 g/mol. The number of sulfone groups is 1. The average Bonchev–Trinajstić information content (AvgIpc) is 2.61. The van der Waals surface area contributed by atoms with Crippen LogP contribution in [0.5, 0.6) is 5.75 Å². The van der Waals surface area contributed by atoms with Gasteiger partial charge in [0, 0.05) is 18.0 Å². The molecule has 1 aliphatic rings. The van der Waals surface area contributed by atoms with Gasteiger partial charge in [-0.25, -0.2) is 13.4 Å². The van der Waals surface area contributed by atoms with Crippen molar-refractivity contribution >= 4 is 39.8 Å². The molecule has 0 bridgehead atoms. The van der Waals surface area contributed by atoms with Gasteiger partial charge in [-0.1, -0.05) is 35.9 Å². The van der Waals surface area contributed by atoms with Crippen molar-refractivity contribution < 1.29 is 13.2 Å². The Labute approximate surface area is 183 Å². The highest BCUT2D eigenvalue weighted by atomic mass is 127. The SMILES string of the molecule is Cc1ccc(S(=O)(=O)CC(C)NC(N)=NC2CCOc3ccccc32)cc1.I. The lowest BCUT2D eigenvalue weighted by Crippen LogP contribution is -2.42. The number of nitrogens with one attached hydrogen (secondary N) is 1. The van der Waals surface area contributed by atoms with Crippen molar-refractivity contribution in [3.05, 3.63) is 59.7 Å². The minimum absolute atomic E-state index is 0. The summed E-state index contributed by atoms with van der Waals surface area (Å²) in [6.07, 6.45) is 0.732. The zero-order valence-corrected chi connectivity index (χ0v) is 19.1. The molecule has 3 N–H and O–H groups in total. The summed E-state index contributed by atoms with van der Waals surface area (Å²) in [6, 6.07) is 14.1. The fourth-order valence-corrected chi connectivity index (χ4v) is 4.61. The van der Waals surface area contributed by atoms with Crippen LogP contribution in [0.15, 0.2) is 58.4 Å². The molecule has 6 nitrogen and oxygen atoms in total. The minimum Gasteiger partial charge on any atom is -0.493 e. The molecule has 2 aromatic carbocycles. The van der Waals surface area contributed by atoms with Gasteiger partial charge in [0.05, 0.1) is 23.3 Å². The summed E-state index contributed by atoms with van der Waals surface area (Å²) in [7, 11) is -3.40. The molecule has 0 saturated heterocycles. The second-order valence-corrected chi connectivity index (χ2v) is 8.88. The van der Waals surface area contributed by atoms with Crippen LogP contribution in [0, 0.1) is 6.92 Å².